The van der Waals surface area contributed by atoms with Gasteiger partial charge in [0.1, 0.15) is 11.6 Å². The fraction of sp³-hybridized carbons (Fsp3) is 0.316. The lowest BCUT2D eigenvalue weighted by atomic mass is 10.1. The normalized spacial score (nSPS) is 10.3. The maximum atomic E-state index is 13.5. The number of aryl methyl sites for hydroxylation is 2. The Balaban J connectivity index is 1.74. The van der Waals surface area contributed by atoms with Gasteiger partial charge >= 0.3 is 6.03 Å². The number of rotatable bonds is 6. The Hall–Kier alpha value is -2.56. The number of nitrogens with one attached hydrogen (secondary N) is 2. The maximum absolute atomic E-state index is 13.5. The van der Waals surface area contributed by atoms with Crippen molar-refractivity contribution in [2.75, 3.05) is 13.3 Å². The number of benzene rings is 2. The Morgan fingerprint density at radius 1 is 1.04 bits per heavy atom. The summed E-state index contributed by atoms with van der Waals surface area (Å²) < 4.78 is 19.1. The van der Waals surface area contributed by atoms with E-state index in [9.17, 15) is 9.18 Å². The number of carbonyl (C=O) groups excluding carboxylic acids is 1. The lowest BCUT2D eigenvalue weighted by Crippen LogP contribution is -2.38. The molecule has 0 spiro atoms. The van der Waals surface area contributed by atoms with Crippen molar-refractivity contribution in [2.24, 2.45) is 0 Å². The number of hydrogen-bond acceptors (Lipinski definition) is 2. The molecule has 0 radical (unpaired) electrons. The predicted molar refractivity (Wildman–Crippen MR) is 92.8 cm³/mol. The summed E-state index contributed by atoms with van der Waals surface area (Å²) in [6.07, 6.45) is 0.442. The SMILES string of the molecule is Cc1ccc(C)c(OCNC(=O)NCCc2ccccc2F)c1C. The Morgan fingerprint density at radius 3 is 2.50 bits per heavy atom. The van der Waals surface area contributed by atoms with E-state index >= 15 is 0 Å². The quantitative estimate of drug-likeness (QED) is 0.795. The van der Waals surface area contributed by atoms with Gasteiger partial charge in [-0.25, -0.2) is 9.18 Å². The lowest BCUT2D eigenvalue weighted by Gasteiger charge is -2.14. The summed E-state index contributed by atoms with van der Waals surface area (Å²) >= 11 is 0. The predicted octanol–water partition coefficient (Wildman–Crippen LogP) is 3.63. The molecule has 2 N–H and O–H groups in total. The lowest BCUT2D eigenvalue weighted by molar-refractivity contribution is 0.223. The van der Waals surface area contributed by atoms with Crippen LogP contribution in [0.2, 0.25) is 0 Å². The van der Waals surface area contributed by atoms with Crippen LogP contribution < -0.4 is 15.4 Å². The number of amides is 2. The Morgan fingerprint density at radius 2 is 1.75 bits per heavy atom. The minimum Gasteiger partial charge on any atom is -0.473 e. The van der Waals surface area contributed by atoms with Gasteiger partial charge in [-0.05, 0) is 55.5 Å². The molecule has 0 atom stereocenters. The summed E-state index contributed by atoms with van der Waals surface area (Å²) in [4.78, 5) is 11.7. The molecule has 0 saturated carbocycles. The van der Waals surface area contributed by atoms with Gasteiger partial charge < -0.3 is 15.4 Å². The molecule has 0 heterocycles. The molecule has 0 aromatic heterocycles. The molecule has 2 rings (SSSR count). The summed E-state index contributed by atoms with van der Waals surface area (Å²) in [6, 6.07) is 10.2. The van der Waals surface area contributed by atoms with Gasteiger partial charge in [0.25, 0.3) is 0 Å². The van der Waals surface area contributed by atoms with Crippen molar-refractivity contribution in [3.05, 3.63) is 64.5 Å². The van der Waals surface area contributed by atoms with E-state index in [4.69, 9.17) is 4.74 Å². The Kier molecular flexibility index (Phi) is 6.18. The number of halogens is 1. The molecule has 0 fully saturated rings. The zero-order valence-electron chi connectivity index (χ0n) is 14.3. The van der Waals surface area contributed by atoms with Gasteiger partial charge in [-0.1, -0.05) is 30.3 Å². The van der Waals surface area contributed by atoms with E-state index in [1.165, 1.54) is 6.07 Å². The van der Waals surface area contributed by atoms with E-state index in [0.29, 0.717) is 18.5 Å². The zero-order chi connectivity index (χ0) is 17.5. The van der Waals surface area contributed by atoms with E-state index in [2.05, 4.69) is 10.6 Å². The van der Waals surface area contributed by atoms with Crippen molar-refractivity contribution in [1.82, 2.24) is 10.6 Å². The molecule has 2 aromatic carbocycles. The van der Waals surface area contributed by atoms with E-state index in [0.717, 1.165) is 22.4 Å². The summed E-state index contributed by atoms with van der Waals surface area (Å²) in [5, 5.41) is 5.33. The zero-order valence-corrected chi connectivity index (χ0v) is 14.3. The second kappa shape index (κ2) is 8.34. The van der Waals surface area contributed by atoms with Crippen LogP contribution in [0.5, 0.6) is 5.75 Å². The van der Waals surface area contributed by atoms with Crippen molar-refractivity contribution in [1.29, 1.82) is 0 Å². The fourth-order valence-corrected chi connectivity index (χ4v) is 2.40. The molecule has 0 aliphatic heterocycles. The topological polar surface area (TPSA) is 50.4 Å². The van der Waals surface area contributed by atoms with Gasteiger partial charge in [0.05, 0.1) is 0 Å². The average Bonchev–Trinajstić information content (AvgIpc) is 2.56. The average molecular weight is 330 g/mol. The summed E-state index contributed by atoms with van der Waals surface area (Å²) in [7, 11) is 0. The first-order valence-corrected chi connectivity index (χ1v) is 7.93. The largest absolute Gasteiger partial charge is 0.473 e. The van der Waals surface area contributed by atoms with Gasteiger partial charge in [-0.3, -0.25) is 0 Å². The third kappa shape index (κ3) is 4.72. The van der Waals surface area contributed by atoms with Crippen molar-refractivity contribution in [3.8, 4) is 5.75 Å². The maximum Gasteiger partial charge on any atom is 0.317 e. The molecule has 128 valence electrons. The third-order valence-corrected chi connectivity index (χ3v) is 3.96. The summed E-state index contributed by atoms with van der Waals surface area (Å²) in [5.74, 6) is 0.537. The van der Waals surface area contributed by atoms with Crippen LogP contribution in [0.1, 0.15) is 22.3 Å². The van der Waals surface area contributed by atoms with Crippen LogP contribution in [0.3, 0.4) is 0 Å². The minimum atomic E-state index is -0.339. The number of urea groups is 1. The third-order valence-electron chi connectivity index (χ3n) is 3.96. The number of hydrogen-bond donors (Lipinski definition) is 2. The van der Waals surface area contributed by atoms with Gasteiger partial charge in [0.2, 0.25) is 0 Å². The Labute approximate surface area is 142 Å². The first kappa shape index (κ1) is 17.8. The van der Waals surface area contributed by atoms with Crippen molar-refractivity contribution < 1.29 is 13.9 Å². The highest BCUT2D eigenvalue weighted by atomic mass is 19.1. The monoisotopic (exact) mass is 330 g/mol. The second-order valence-corrected chi connectivity index (χ2v) is 5.72. The number of carbonyl (C=O) groups is 1. The van der Waals surface area contributed by atoms with Crippen LogP contribution in [0.15, 0.2) is 36.4 Å². The van der Waals surface area contributed by atoms with E-state index < -0.39 is 0 Å². The second-order valence-electron chi connectivity index (χ2n) is 5.72. The molecule has 24 heavy (non-hydrogen) atoms. The highest BCUT2D eigenvalue weighted by molar-refractivity contribution is 5.73. The van der Waals surface area contributed by atoms with Crippen molar-refractivity contribution in [2.45, 2.75) is 27.2 Å². The molecule has 0 bridgehead atoms. The van der Waals surface area contributed by atoms with Crippen LogP contribution in [0.25, 0.3) is 0 Å². The highest BCUT2D eigenvalue weighted by Gasteiger charge is 2.07. The molecule has 0 aliphatic rings. The van der Waals surface area contributed by atoms with Crippen LogP contribution in [-0.4, -0.2) is 19.3 Å². The standard InChI is InChI=1S/C19H23FN2O2/c1-13-8-9-14(2)18(15(13)3)24-12-22-19(23)21-11-10-16-6-4-5-7-17(16)20/h4-9H,10-12H2,1-3H3,(H2,21,22,23). The smallest absolute Gasteiger partial charge is 0.317 e. The van der Waals surface area contributed by atoms with Gasteiger partial charge in [0, 0.05) is 6.54 Å². The van der Waals surface area contributed by atoms with Crippen LogP contribution >= 0.6 is 0 Å². The van der Waals surface area contributed by atoms with Crippen LogP contribution in [0.4, 0.5) is 9.18 Å². The first-order valence-electron chi connectivity index (χ1n) is 7.93. The van der Waals surface area contributed by atoms with Gasteiger partial charge in [0.15, 0.2) is 6.73 Å². The molecule has 0 aliphatic carbocycles. The fourth-order valence-electron chi connectivity index (χ4n) is 2.40. The molecule has 2 amide bonds. The van der Waals surface area contributed by atoms with Crippen LogP contribution in [-0.2, 0) is 6.42 Å². The molecule has 0 saturated heterocycles. The molecule has 0 unspecified atom stereocenters. The highest BCUT2D eigenvalue weighted by Crippen LogP contribution is 2.25. The van der Waals surface area contributed by atoms with E-state index in [1.807, 2.05) is 32.9 Å². The number of ether oxygens (including phenoxy) is 1. The van der Waals surface area contributed by atoms with E-state index in [-0.39, 0.29) is 18.6 Å². The first-order chi connectivity index (χ1) is 11.5. The van der Waals surface area contributed by atoms with Crippen molar-refractivity contribution in [3.63, 3.8) is 0 Å². The molecule has 5 heteroatoms. The van der Waals surface area contributed by atoms with Gasteiger partial charge in [-0.2, -0.15) is 0 Å². The molecular formula is C19H23FN2O2. The molecule has 4 nitrogen and oxygen atoms in total. The Bertz CT molecular complexity index is 717. The summed E-state index contributed by atoms with van der Waals surface area (Å²) in [5.41, 5.74) is 3.82. The molecular weight excluding hydrogens is 307 g/mol. The minimum absolute atomic E-state index is 0.0800. The van der Waals surface area contributed by atoms with E-state index in [1.54, 1.807) is 18.2 Å². The van der Waals surface area contributed by atoms with Crippen molar-refractivity contribution >= 4 is 6.03 Å². The molecule has 2 aromatic rings. The summed E-state index contributed by atoms with van der Waals surface area (Å²) in [6.45, 7) is 6.42. The van der Waals surface area contributed by atoms with Gasteiger partial charge in [-0.15, -0.1) is 0 Å². The van der Waals surface area contributed by atoms with Crippen LogP contribution in [0, 0.1) is 26.6 Å².